The zero-order chi connectivity index (χ0) is 14.0. The van der Waals surface area contributed by atoms with Crippen molar-refractivity contribution in [3.05, 3.63) is 36.5 Å². The first-order valence-electron chi connectivity index (χ1n) is 7.43. The number of unbranched alkanes of at least 4 members (excludes halogenated alkanes) is 6. The molecular weight excluding hydrogens is 236 g/mol. The van der Waals surface area contributed by atoms with Crippen LogP contribution in [0.25, 0.3) is 0 Å². The van der Waals surface area contributed by atoms with Gasteiger partial charge in [-0.3, -0.25) is 0 Å². The van der Waals surface area contributed by atoms with Gasteiger partial charge in [-0.25, -0.2) is 4.79 Å². The Morgan fingerprint density at radius 1 is 1.16 bits per heavy atom. The molecule has 0 radical (unpaired) electrons. The Morgan fingerprint density at radius 2 is 1.89 bits per heavy atom. The molecule has 0 spiro atoms. The molecule has 19 heavy (non-hydrogen) atoms. The Hall–Kier alpha value is -1.31. The molecule has 0 aromatic heterocycles. The maximum atomic E-state index is 11.0. The van der Waals surface area contributed by atoms with Crippen LogP contribution in [0.5, 0.6) is 0 Å². The predicted molar refractivity (Wildman–Crippen MR) is 79.9 cm³/mol. The highest BCUT2D eigenvalue weighted by Gasteiger charge is 2.26. The van der Waals surface area contributed by atoms with Gasteiger partial charge in [-0.15, -0.1) is 0 Å². The summed E-state index contributed by atoms with van der Waals surface area (Å²) in [5, 5.41) is 0. The van der Waals surface area contributed by atoms with Gasteiger partial charge in [0, 0.05) is 6.08 Å². The Morgan fingerprint density at radius 3 is 2.58 bits per heavy atom. The fourth-order valence-corrected chi connectivity index (χ4v) is 2.07. The molecule has 0 amide bonds. The number of esters is 1. The van der Waals surface area contributed by atoms with Gasteiger partial charge in [-0.05, 0) is 31.9 Å². The molecule has 2 heteroatoms. The zero-order valence-electron chi connectivity index (χ0n) is 12.2. The smallest absolute Gasteiger partial charge is 0.331 e. The number of allylic oxidation sites excluding steroid dienone is 3. The van der Waals surface area contributed by atoms with Crippen molar-refractivity contribution in [2.45, 2.75) is 64.4 Å². The highest BCUT2D eigenvalue weighted by molar-refractivity contribution is 5.85. The van der Waals surface area contributed by atoms with Crippen LogP contribution in [0, 0.1) is 0 Å². The topological polar surface area (TPSA) is 26.3 Å². The fourth-order valence-electron chi connectivity index (χ4n) is 2.07. The molecule has 1 aliphatic rings. The van der Waals surface area contributed by atoms with Crippen LogP contribution >= 0.6 is 0 Å². The summed E-state index contributed by atoms with van der Waals surface area (Å²) in [6.45, 7) is 4.12. The number of carbonyl (C=O) groups is 1. The highest BCUT2D eigenvalue weighted by atomic mass is 16.6. The Balaban J connectivity index is 2.07. The lowest BCUT2D eigenvalue weighted by atomic mass is 10.1. The molecule has 1 atom stereocenters. The maximum Gasteiger partial charge on any atom is 0.331 e. The van der Waals surface area contributed by atoms with Crippen molar-refractivity contribution in [2.24, 2.45) is 0 Å². The monoisotopic (exact) mass is 262 g/mol. The molecular formula is C17H26O2. The summed E-state index contributed by atoms with van der Waals surface area (Å²) in [7, 11) is 0. The van der Waals surface area contributed by atoms with Crippen molar-refractivity contribution in [1.82, 2.24) is 0 Å². The summed E-state index contributed by atoms with van der Waals surface area (Å²) in [6.07, 6.45) is 20.5. The minimum Gasteiger partial charge on any atom is -0.448 e. The highest BCUT2D eigenvalue weighted by Crippen LogP contribution is 2.20. The van der Waals surface area contributed by atoms with Crippen molar-refractivity contribution in [1.29, 1.82) is 0 Å². The van der Waals surface area contributed by atoms with E-state index in [1.54, 1.807) is 6.08 Å². The third kappa shape index (κ3) is 7.00. The normalized spacial score (nSPS) is 22.7. The molecule has 1 rings (SSSR count). The molecule has 0 bridgehead atoms. The molecule has 0 unspecified atom stereocenters. The molecule has 0 N–H and O–H groups in total. The molecule has 1 aliphatic heterocycles. The number of cyclic esters (lactones) is 1. The first-order chi connectivity index (χ1) is 9.16. The second-order valence-electron chi connectivity index (χ2n) is 5.28. The number of hydrogen-bond acceptors (Lipinski definition) is 2. The van der Waals surface area contributed by atoms with Crippen LogP contribution in [0.3, 0.4) is 0 Å². The summed E-state index contributed by atoms with van der Waals surface area (Å²) in [4.78, 5) is 11.0. The molecule has 0 aliphatic carbocycles. The zero-order valence-corrected chi connectivity index (χ0v) is 12.2. The summed E-state index contributed by atoms with van der Waals surface area (Å²) in [5.74, 6) is -0.261. The number of ether oxygens (including phenoxy) is 1. The van der Waals surface area contributed by atoms with Crippen molar-refractivity contribution >= 4 is 5.97 Å². The van der Waals surface area contributed by atoms with Gasteiger partial charge in [0.2, 0.25) is 0 Å². The largest absolute Gasteiger partial charge is 0.448 e. The minimum absolute atomic E-state index is 0.261. The predicted octanol–water partition coefficient (Wildman–Crippen LogP) is 4.72. The van der Waals surface area contributed by atoms with E-state index in [9.17, 15) is 4.79 Å². The van der Waals surface area contributed by atoms with Crippen LogP contribution in [0.1, 0.15) is 58.8 Å². The SMILES string of the molecule is CCCCCCCC/C=C/C=C/[C@@]1(C)C=CC(=O)O1. The molecule has 1 heterocycles. The van der Waals surface area contributed by atoms with Gasteiger partial charge in [-0.2, -0.15) is 0 Å². The third-order valence-corrected chi connectivity index (χ3v) is 3.27. The number of hydrogen-bond donors (Lipinski definition) is 0. The van der Waals surface area contributed by atoms with E-state index >= 15 is 0 Å². The summed E-state index contributed by atoms with van der Waals surface area (Å²) in [6, 6.07) is 0. The van der Waals surface area contributed by atoms with E-state index in [-0.39, 0.29) is 5.97 Å². The van der Waals surface area contributed by atoms with Crippen LogP contribution in [-0.2, 0) is 9.53 Å². The molecule has 0 saturated carbocycles. The Bertz CT molecular complexity index is 352. The minimum atomic E-state index is -0.554. The Labute approximate surface area is 117 Å². The van der Waals surface area contributed by atoms with Gasteiger partial charge in [0.15, 0.2) is 0 Å². The lowest BCUT2D eigenvalue weighted by molar-refractivity contribution is -0.141. The fraction of sp³-hybridized carbons (Fsp3) is 0.588. The van der Waals surface area contributed by atoms with Crippen molar-refractivity contribution in [2.75, 3.05) is 0 Å². The number of rotatable bonds is 9. The van der Waals surface area contributed by atoms with E-state index in [1.165, 1.54) is 44.6 Å². The van der Waals surface area contributed by atoms with Crippen LogP contribution in [-0.4, -0.2) is 11.6 Å². The molecule has 106 valence electrons. The second-order valence-corrected chi connectivity index (χ2v) is 5.28. The third-order valence-electron chi connectivity index (χ3n) is 3.27. The van der Waals surface area contributed by atoms with Crippen LogP contribution < -0.4 is 0 Å². The van der Waals surface area contributed by atoms with Crippen molar-refractivity contribution in [3.63, 3.8) is 0 Å². The van der Waals surface area contributed by atoms with Crippen molar-refractivity contribution < 1.29 is 9.53 Å². The molecule has 0 aromatic rings. The molecule has 0 saturated heterocycles. The van der Waals surface area contributed by atoms with Gasteiger partial charge in [0.05, 0.1) is 0 Å². The van der Waals surface area contributed by atoms with Gasteiger partial charge < -0.3 is 4.74 Å². The maximum absolute atomic E-state index is 11.0. The van der Waals surface area contributed by atoms with Crippen LogP contribution in [0.15, 0.2) is 36.5 Å². The first-order valence-corrected chi connectivity index (χ1v) is 7.43. The van der Waals surface area contributed by atoms with E-state index in [1.807, 2.05) is 25.2 Å². The summed E-state index contributed by atoms with van der Waals surface area (Å²) < 4.78 is 5.16. The van der Waals surface area contributed by atoms with Crippen molar-refractivity contribution in [3.8, 4) is 0 Å². The standard InChI is InChI=1S/C17H26O2/c1-3-4-5-6-7-8-9-10-11-12-14-17(2)15-13-16(18)19-17/h10-15H,3-9H2,1-2H3/b11-10+,14-12+/t17-/m0/s1. The molecule has 2 nitrogen and oxygen atoms in total. The Kier molecular flexibility index (Phi) is 7.24. The van der Waals surface area contributed by atoms with E-state index in [0.717, 1.165) is 6.42 Å². The van der Waals surface area contributed by atoms with E-state index < -0.39 is 5.60 Å². The lowest BCUT2D eigenvalue weighted by Crippen LogP contribution is -2.20. The van der Waals surface area contributed by atoms with Gasteiger partial charge >= 0.3 is 5.97 Å². The average Bonchev–Trinajstić information content (AvgIpc) is 2.72. The van der Waals surface area contributed by atoms with E-state index in [4.69, 9.17) is 4.74 Å². The molecule has 0 aromatic carbocycles. The quantitative estimate of drug-likeness (QED) is 0.341. The average molecular weight is 262 g/mol. The molecule has 0 fully saturated rings. The first kappa shape index (κ1) is 15.7. The van der Waals surface area contributed by atoms with Gasteiger partial charge in [0.25, 0.3) is 0 Å². The van der Waals surface area contributed by atoms with E-state index in [0.29, 0.717) is 0 Å². The summed E-state index contributed by atoms with van der Waals surface area (Å²) in [5.41, 5.74) is -0.554. The van der Waals surface area contributed by atoms with Crippen LogP contribution in [0.4, 0.5) is 0 Å². The summed E-state index contributed by atoms with van der Waals surface area (Å²) >= 11 is 0. The number of carbonyl (C=O) groups excluding carboxylic acids is 1. The lowest BCUT2D eigenvalue weighted by Gasteiger charge is -2.15. The van der Waals surface area contributed by atoms with Crippen LogP contribution in [0.2, 0.25) is 0 Å². The van der Waals surface area contributed by atoms with Gasteiger partial charge in [-0.1, -0.05) is 57.3 Å². The van der Waals surface area contributed by atoms with Gasteiger partial charge in [0.1, 0.15) is 5.60 Å². The van der Waals surface area contributed by atoms with E-state index in [2.05, 4.69) is 13.0 Å². The second kappa shape index (κ2) is 8.73.